The molecule has 1 fully saturated rings. The van der Waals surface area contributed by atoms with Gasteiger partial charge in [-0.2, -0.15) is 10.5 Å². The molecule has 5 rings (SSSR count). The van der Waals surface area contributed by atoms with E-state index in [1.165, 1.54) is 6.07 Å². The van der Waals surface area contributed by atoms with E-state index in [4.69, 9.17) is 0 Å². The number of fused-ring (bicyclic) bond motifs is 3. The Hall–Kier alpha value is -4.29. The van der Waals surface area contributed by atoms with E-state index in [1.807, 2.05) is 30.3 Å². The summed E-state index contributed by atoms with van der Waals surface area (Å²) in [5.41, 5.74) is 0.0722. The molecular weight excluding hydrogens is 420 g/mol. The van der Waals surface area contributed by atoms with Gasteiger partial charge in [-0.15, -0.1) is 0 Å². The zero-order valence-electron chi connectivity index (χ0n) is 17.3. The predicted molar refractivity (Wildman–Crippen MR) is 119 cm³/mol. The van der Waals surface area contributed by atoms with Crippen LogP contribution < -0.4 is 4.90 Å². The molecule has 33 heavy (non-hydrogen) atoms. The number of ketones is 1. The third-order valence-corrected chi connectivity index (χ3v) is 6.54. The molecule has 0 unspecified atom stereocenters. The van der Waals surface area contributed by atoms with Crippen LogP contribution in [0.4, 0.5) is 14.5 Å². The van der Waals surface area contributed by atoms with Crippen molar-refractivity contribution in [2.75, 3.05) is 4.90 Å². The Balaban J connectivity index is 1.81. The highest BCUT2D eigenvalue weighted by Crippen LogP contribution is 2.55. The molecule has 0 bridgehead atoms. The Labute approximate surface area is 189 Å². The monoisotopic (exact) mass is 437 g/mol. The number of benzene rings is 3. The molecule has 2 aliphatic rings. The topological polar surface area (TPSA) is 67.9 Å². The highest BCUT2D eigenvalue weighted by atomic mass is 19.1. The van der Waals surface area contributed by atoms with Gasteiger partial charge in [0, 0.05) is 23.2 Å². The summed E-state index contributed by atoms with van der Waals surface area (Å²) in [6.07, 6.45) is 3.54. The molecule has 0 N–H and O–H groups in total. The Kier molecular flexibility index (Phi) is 4.80. The van der Waals surface area contributed by atoms with E-state index >= 15 is 4.39 Å². The zero-order valence-corrected chi connectivity index (χ0v) is 17.3. The summed E-state index contributed by atoms with van der Waals surface area (Å²) in [5, 5.41) is 20.6. The fourth-order valence-corrected chi connectivity index (χ4v) is 5.10. The van der Waals surface area contributed by atoms with Crippen LogP contribution >= 0.6 is 0 Å². The van der Waals surface area contributed by atoms with Crippen LogP contribution in [0.15, 0.2) is 78.9 Å². The number of para-hydroxylation sites is 1. The number of anilines is 1. The van der Waals surface area contributed by atoms with Gasteiger partial charge in [0.15, 0.2) is 11.2 Å². The van der Waals surface area contributed by atoms with Gasteiger partial charge >= 0.3 is 0 Å². The molecule has 3 aromatic carbocycles. The second-order valence-corrected chi connectivity index (χ2v) is 8.18. The van der Waals surface area contributed by atoms with Crippen molar-refractivity contribution in [1.82, 2.24) is 0 Å². The number of hydrogen-bond acceptors (Lipinski definition) is 4. The Morgan fingerprint density at radius 1 is 0.939 bits per heavy atom. The van der Waals surface area contributed by atoms with E-state index in [0.717, 1.165) is 17.7 Å². The molecule has 4 nitrogen and oxygen atoms in total. The summed E-state index contributed by atoms with van der Waals surface area (Å²) in [5.74, 6) is -3.16. The van der Waals surface area contributed by atoms with Gasteiger partial charge in [0.25, 0.3) is 0 Å². The molecule has 2 heterocycles. The first-order chi connectivity index (χ1) is 16.0. The van der Waals surface area contributed by atoms with Crippen LogP contribution in [0.1, 0.15) is 27.4 Å². The van der Waals surface area contributed by atoms with Crippen molar-refractivity contribution in [3.63, 3.8) is 0 Å². The van der Waals surface area contributed by atoms with Gasteiger partial charge in [-0.1, -0.05) is 66.7 Å². The first-order valence-corrected chi connectivity index (χ1v) is 10.4. The summed E-state index contributed by atoms with van der Waals surface area (Å²) in [6, 6.07) is 21.3. The molecule has 0 aromatic heterocycles. The summed E-state index contributed by atoms with van der Waals surface area (Å²) in [6.45, 7) is 0. The lowest BCUT2D eigenvalue weighted by atomic mass is 9.69. The Morgan fingerprint density at radius 2 is 1.64 bits per heavy atom. The molecule has 3 aromatic rings. The number of nitrogens with zero attached hydrogens (tertiary/aromatic N) is 3. The average molecular weight is 437 g/mol. The van der Waals surface area contributed by atoms with Crippen molar-refractivity contribution < 1.29 is 13.6 Å². The van der Waals surface area contributed by atoms with Gasteiger partial charge in [0.2, 0.25) is 0 Å². The fourth-order valence-electron chi connectivity index (χ4n) is 5.10. The quantitative estimate of drug-likeness (QED) is 0.525. The van der Waals surface area contributed by atoms with Crippen molar-refractivity contribution in [2.24, 2.45) is 5.41 Å². The van der Waals surface area contributed by atoms with Gasteiger partial charge in [-0.25, -0.2) is 8.78 Å². The molecule has 6 heteroatoms. The molecule has 0 saturated carbocycles. The smallest absolute Gasteiger partial charge is 0.185 e. The lowest BCUT2D eigenvalue weighted by Crippen LogP contribution is -2.44. The standard InChI is InChI=1S/C27H17F2N3O/c28-19-11-12-20(21(29)14-19)24-25(26(33)18-7-2-1-3-8-18)32-22-9-5-4-6-17(22)10-13-23(32)27(24,15-30)16-31/h1-14,23-25H/t23-,24+,25-/m0/s1. The molecule has 0 spiro atoms. The van der Waals surface area contributed by atoms with Crippen molar-refractivity contribution in [2.45, 2.75) is 18.0 Å². The van der Waals surface area contributed by atoms with Crippen LogP contribution in [0.25, 0.3) is 6.08 Å². The maximum atomic E-state index is 15.1. The number of hydrogen-bond donors (Lipinski definition) is 0. The average Bonchev–Trinajstić information content (AvgIpc) is 3.15. The maximum Gasteiger partial charge on any atom is 0.185 e. The molecule has 0 radical (unpaired) electrons. The lowest BCUT2D eigenvalue weighted by molar-refractivity contribution is 0.0950. The predicted octanol–water partition coefficient (Wildman–Crippen LogP) is 5.25. The molecule has 2 aliphatic heterocycles. The highest BCUT2D eigenvalue weighted by Gasteiger charge is 2.63. The number of carbonyl (C=O) groups excluding carboxylic acids is 1. The van der Waals surface area contributed by atoms with Crippen LogP contribution in [0, 0.1) is 39.7 Å². The summed E-state index contributed by atoms with van der Waals surface area (Å²) >= 11 is 0. The molecular formula is C27H17F2N3O. The van der Waals surface area contributed by atoms with Gasteiger partial charge in [0.05, 0.1) is 18.2 Å². The molecule has 3 atom stereocenters. The Bertz CT molecular complexity index is 1360. The van der Waals surface area contributed by atoms with Crippen LogP contribution in [0.5, 0.6) is 0 Å². The first kappa shape index (κ1) is 20.6. The number of carbonyl (C=O) groups is 1. The van der Waals surface area contributed by atoms with Gasteiger partial charge < -0.3 is 4.90 Å². The minimum atomic E-state index is -1.78. The van der Waals surface area contributed by atoms with E-state index in [0.29, 0.717) is 11.3 Å². The third-order valence-electron chi connectivity index (χ3n) is 6.54. The first-order valence-electron chi connectivity index (χ1n) is 10.4. The lowest BCUT2D eigenvalue weighted by Gasteiger charge is -2.35. The Morgan fingerprint density at radius 3 is 2.33 bits per heavy atom. The normalized spacial score (nSPS) is 22.1. The van der Waals surface area contributed by atoms with Crippen molar-refractivity contribution in [3.8, 4) is 12.1 Å². The van der Waals surface area contributed by atoms with Crippen LogP contribution in [0.3, 0.4) is 0 Å². The second kappa shape index (κ2) is 7.69. The van der Waals surface area contributed by atoms with E-state index in [9.17, 15) is 19.7 Å². The van der Waals surface area contributed by atoms with Gasteiger partial charge in [0.1, 0.15) is 17.7 Å². The number of Topliss-reactive ketones (excluding diaryl/α,β-unsaturated/α-hetero) is 1. The summed E-state index contributed by atoms with van der Waals surface area (Å²) in [4.78, 5) is 15.7. The van der Waals surface area contributed by atoms with Crippen LogP contribution in [-0.4, -0.2) is 17.9 Å². The van der Waals surface area contributed by atoms with Crippen LogP contribution in [-0.2, 0) is 0 Å². The van der Waals surface area contributed by atoms with E-state index in [2.05, 4.69) is 12.1 Å². The van der Waals surface area contributed by atoms with Gasteiger partial charge in [-0.3, -0.25) is 4.79 Å². The molecule has 1 saturated heterocycles. The molecule has 0 aliphatic carbocycles. The van der Waals surface area contributed by atoms with Crippen LogP contribution in [0.2, 0.25) is 0 Å². The largest absolute Gasteiger partial charge is 0.351 e. The van der Waals surface area contributed by atoms with E-state index < -0.39 is 35.1 Å². The molecule has 160 valence electrons. The highest BCUT2D eigenvalue weighted by molar-refractivity contribution is 6.04. The van der Waals surface area contributed by atoms with Gasteiger partial charge in [-0.05, 0) is 23.3 Å². The fraction of sp³-hybridized carbons (Fsp3) is 0.148. The van der Waals surface area contributed by atoms with E-state index in [-0.39, 0.29) is 11.3 Å². The van der Waals surface area contributed by atoms with Crippen molar-refractivity contribution in [1.29, 1.82) is 10.5 Å². The summed E-state index contributed by atoms with van der Waals surface area (Å²) in [7, 11) is 0. The summed E-state index contributed by atoms with van der Waals surface area (Å²) < 4.78 is 28.9. The minimum absolute atomic E-state index is 0.0333. The zero-order chi connectivity index (χ0) is 23.2. The number of halogens is 2. The van der Waals surface area contributed by atoms with Crippen molar-refractivity contribution in [3.05, 3.63) is 107 Å². The van der Waals surface area contributed by atoms with Crippen molar-refractivity contribution >= 4 is 17.5 Å². The minimum Gasteiger partial charge on any atom is -0.351 e. The number of rotatable bonds is 3. The SMILES string of the molecule is N#CC1(C#N)[C@H](c2ccc(F)cc2F)[C@@H](C(=O)c2ccccc2)N2c3ccccc3C=C[C@H]21. The maximum absolute atomic E-state index is 15.1. The van der Waals surface area contributed by atoms with E-state index in [1.54, 1.807) is 41.3 Å². The number of nitriles is 2. The third kappa shape index (κ3) is 2.96. The second-order valence-electron chi connectivity index (χ2n) is 8.18. The molecule has 0 amide bonds.